The van der Waals surface area contributed by atoms with Crippen LogP contribution in [0.3, 0.4) is 0 Å². The second kappa shape index (κ2) is 11.0. The molecule has 1 rings (SSSR count). The SMILES string of the molecule is C=CC1=C(N=C)NCC1.CC.CC. The van der Waals surface area contributed by atoms with Gasteiger partial charge in [-0.15, -0.1) is 0 Å². The fourth-order valence-corrected chi connectivity index (χ4v) is 0.904. The lowest BCUT2D eigenvalue weighted by Crippen LogP contribution is -2.04. The summed E-state index contributed by atoms with van der Waals surface area (Å²) >= 11 is 0. The summed E-state index contributed by atoms with van der Waals surface area (Å²) in [5.41, 5.74) is 1.17. The molecule has 1 aliphatic heterocycles. The van der Waals surface area contributed by atoms with E-state index in [-0.39, 0.29) is 0 Å². The Kier molecular flexibility index (Phi) is 12.2. The molecule has 0 amide bonds. The van der Waals surface area contributed by atoms with Gasteiger partial charge in [-0.25, -0.2) is 4.99 Å². The van der Waals surface area contributed by atoms with Gasteiger partial charge in [0.15, 0.2) is 0 Å². The van der Waals surface area contributed by atoms with Crippen LogP contribution < -0.4 is 5.32 Å². The highest BCUT2D eigenvalue weighted by Gasteiger charge is 2.07. The molecule has 0 unspecified atom stereocenters. The predicted octanol–water partition coefficient (Wildman–Crippen LogP) is 3.13. The summed E-state index contributed by atoms with van der Waals surface area (Å²) in [5, 5.41) is 3.09. The Bertz CT molecular complexity index is 151. The van der Waals surface area contributed by atoms with Gasteiger partial charge in [-0.1, -0.05) is 40.3 Å². The van der Waals surface area contributed by atoms with E-state index in [1.807, 2.05) is 33.8 Å². The molecule has 2 heteroatoms. The number of hydrogen-bond donors (Lipinski definition) is 1. The van der Waals surface area contributed by atoms with Crippen LogP contribution in [0.1, 0.15) is 34.1 Å². The third kappa shape index (κ3) is 5.23. The van der Waals surface area contributed by atoms with Gasteiger partial charge in [0.05, 0.1) is 0 Å². The van der Waals surface area contributed by atoms with Crippen LogP contribution in [0.2, 0.25) is 0 Å². The van der Waals surface area contributed by atoms with Crippen molar-refractivity contribution in [1.82, 2.24) is 5.32 Å². The summed E-state index contributed by atoms with van der Waals surface area (Å²) in [6, 6.07) is 0. The number of nitrogens with one attached hydrogen (secondary N) is 1. The first-order valence-corrected chi connectivity index (χ1v) is 4.94. The second-order valence-corrected chi connectivity index (χ2v) is 1.91. The topological polar surface area (TPSA) is 24.4 Å². The van der Waals surface area contributed by atoms with E-state index in [1.54, 1.807) is 0 Å². The molecule has 0 aromatic heterocycles. The van der Waals surface area contributed by atoms with Gasteiger partial charge in [-0.2, -0.15) is 0 Å². The van der Waals surface area contributed by atoms with E-state index in [1.165, 1.54) is 5.57 Å². The van der Waals surface area contributed by atoms with Crippen LogP contribution in [0.5, 0.6) is 0 Å². The molecule has 0 fully saturated rings. The molecular weight excluding hydrogens is 160 g/mol. The third-order valence-electron chi connectivity index (χ3n) is 1.40. The Morgan fingerprint density at radius 3 is 2.15 bits per heavy atom. The molecule has 0 atom stereocenters. The Balaban J connectivity index is 0. The lowest BCUT2D eigenvalue weighted by atomic mass is 10.2. The van der Waals surface area contributed by atoms with Gasteiger partial charge in [0.1, 0.15) is 5.82 Å². The number of aliphatic imine (C=N–C) groups is 1. The highest BCUT2D eigenvalue weighted by Crippen LogP contribution is 2.13. The minimum atomic E-state index is 0.894. The minimum Gasteiger partial charge on any atom is -0.370 e. The molecule has 0 aromatic carbocycles. The minimum absolute atomic E-state index is 0.894. The lowest BCUT2D eigenvalue weighted by molar-refractivity contribution is 0.866. The molecule has 0 bridgehead atoms. The van der Waals surface area contributed by atoms with Crippen LogP contribution in [0, 0.1) is 0 Å². The Labute approximate surface area is 82.5 Å². The maximum Gasteiger partial charge on any atom is 0.128 e. The molecule has 1 aliphatic rings. The maximum absolute atomic E-state index is 3.79. The summed E-state index contributed by atoms with van der Waals surface area (Å²) in [4.78, 5) is 3.79. The molecule has 76 valence electrons. The van der Waals surface area contributed by atoms with E-state index in [9.17, 15) is 0 Å². The Morgan fingerprint density at radius 2 is 1.85 bits per heavy atom. The standard InChI is InChI=1S/C7H10N2.2C2H6/c1-3-6-4-5-9-7(6)8-2;2*1-2/h3,9H,1-2,4-5H2;2*1-2H3. The van der Waals surface area contributed by atoms with E-state index in [0.717, 1.165) is 18.8 Å². The summed E-state index contributed by atoms with van der Waals surface area (Å²) in [6.07, 6.45) is 2.85. The highest BCUT2D eigenvalue weighted by molar-refractivity contribution is 5.35. The number of hydrogen-bond acceptors (Lipinski definition) is 2. The van der Waals surface area contributed by atoms with Crippen molar-refractivity contribution in [2.24, 2.45) is 4.99 Å². The first-order chi connectivity index (χ1) is 6.38. The summed E-state index contributed by atoms with van der Waals surface area (Å²) in [7, 11) is 0. The zero-order chi connectivity index (χ0) is 10.7. The van der Waals surface area contributed by atoms with E-state index < -0.39 is 0 Å². The van der Waals surface area contributed by atoms with Gasteiger partial charge in [0.2, 0.25) is 0 Å². The summed E-state index contributed by atoms with van der Waals surface area (Å²) in [5.74, 6) is 0.894. The maximum atomic E-state index is 3.79. The largest absolute Gasteiger partial charge is 0.370 e. The number of allylic oxidation sites excluding steroid dienone is 1. The second-order valence-electron chi connectivity index (χ2n) is 1.91. The zero-order valence-electron chi connectivity index (χ0n) is 9.35. The van der Waals surface area contributed by atoms with Crippen LogP contribution in [-0.2, 0) is 0 Å². The third-order valence-corrected chi connectivity index (χ3v) is 1.40. The van der Waals surface area contributed by atoms with Crippen molar-refractivity contribution in [1.29, 1.82) is 0 Å². The average molecular weight is 182 g/mol. The number of rotatable bonds is 2. The fourth-order valence-electron chi connectivity index (χ4n) is 0.904. The van der Waals surface area contributed by atoms with Crippen LogP contribution in [0.4, 0.5) is 0 Å². The lowest BCUT2D eigenvalue weighted by Gasteiger charge is -1.93. The summed E-state index contributed by atoms with van der Waals surface area (Å²) < 4.78 is 0. The molecular formula is C11H22N2. The van der Waals surface area contributed by atoms with Crippen molar-refractivity contribution < 1.29 is 0 Å². The van der Waals surface area contributed by atoms with Crippen molar-refractivity contribution in [3.8, 4) is 0 Å². The summed E-state index contributed by atoms with van der Waals surface area (Å²) in [6.45, 7) is 16.0. The van der Waals surface area contributed by atoms with Crippen molar-refractivity contribution in [2.75, 3.05) is 6.54 Å². The van der Waals surface area contributed by atoms with Crippen LogP contribution in [0.25, 0.3) is 0 Å². The van der Waals surface area contributed by atoms with Crippen molar-refractivity contribution in [2.45, 2.75) is 34.1 Å². The molecule has 0 aromatic rings. The normalized spacial score (nSPS) is 12.9. The van der Waals surface area contributed by atoms with Gasteiger partial charge >= 0.3 is 0 Å². The molecule has 2 nitrogen and oxygen atoms in total. The molecule has 0 spiro atoms. The molecule has 0 saturated carbocycles. The highest BCUT2D eigenvalue weighted by atomic mass is 15.0. The first kappa shape index (κ1) is 14.5. The van der Waals surface area contributed by atoms with Gasteiger partial charge in [-0.3, -0.25) is 0 Å². The quantitative estimate of drug-likeness (QED) is 0.652. The molecule has 0 radical (unpaired) electrons. The zero-order valence-corrected chi connectivity index (χ0v) is 9.35. The van der Waals surface area contributed by atoms with Gasteiger partial charge in [0, 0.05) is 6.54 Å². The van der Waals surface area contributed by atoms with E-state index in [2.05, 4.69) is 23.6 Å². The Morgan fingerprint density at radius 1 is 1.31 bits per heavy atom. The molecule has 1 N–H and O–H groups in total. The van der Waals surface area contributed by atoms with Crippen molar-refractivity contribution in [3.05, 3.63) is 24.0 Å². The monoisotopic (exact) mass is 182 g/mol. The van der Waals surface area contributed by atoms with E-state index >= 15 is 0 Å². The fraction of sp³-hybridized carbons (Fsp3) is 0.545. The molecule has 0 saturated heterocycles. The van der Waals surface area contributed by atoms with E-state index in [0.29, 0.717) is 0 Å². The number of nitrogens with zero attached hydrogens (tertiary/aromatic N) is 1. The average Bonchev–Trinajstić information content (AvgIpc) is 2.70. The Hall–Kier alpha value is -1.05. The predicted molar refractivity (Wildman–Crippen MR) is 62.1 cm³/mol. The molecule has 0 aliphatic carbocycles. The van der Waals surface area contributed by atoms with Gasteiger partial charge in [-0.05, 0) is 18.7 Å². The van der Waals surface area contributed by atoms with Crippen molar-refractivity contribution in [3.63, 3.8) is 0 Å². The smallest absolute Gasteiger partial charge is 0.128 e. The van der Waals surface area contributed by atoms with Crippen molar-refractivity contribution >= 4 is 6.72 Å². The van der Waals surface area contributed by atoms with Gasteiger partial charge < -0.3 is 5.32 Å². The van der Waals surface area contributed by atoms with Crippen LogP contribution in [0.15, 0.2) is 29.0 Å². The first-order valence-electron chi connectivity index (χ1n) is 4.94. The van der Waals surface area contributed by atoms with Crippen LogP contribution >= 0.6 is 0 Å². The van der Waals surface area contributed by atoms with E-state index in [4.69, 9.17) is 0 Å². The molecule has 1 heterocycles. The van der Waals surface area contributed by atoms with Crippen LogP contribution in [-0.4, -0.2) is 13.3 Å². The molecule has 13 heavy (non-hydrogen) atoms. The van der Waals surface area contributed by atoms with Gasteiger partial charge in [0.25, 0.3) is 0 Å².